The fraction of sp³-hybridized carbons (Fsp3) is 0.933. The number of phosphoric acid groups is 1. The highest BCUT2D eigenvalue weighted by molar-refractivity contribution is 7.45. The van der Waals surface area contributed by atoms with E-state index in [-0.39, 0.29) is 19.1 Å². The van der Waals surface area contributed by atoms with Crippen molar-refractivity contribution in [3.05, 3.63) is 24.3 Å². The van der Waals surface area contributed by atoms with Crippen molar-refractivity contribution in [2.24, 2.45) is 0 Å². The van der Waals surface area contributed by atoms with Crippen molar-refractivity contribution in [1.82, 2.24) is 5.32 Å². The van der Waals surface area contributed by atoms with Crippen LogP contribution in [0, 0.1) is 0 Å². The van der Waals surface area contributed by atoms with E-state index in [1.54, 1.807) is 0 Å². The van der Waals surface area contributed by atoms with Crippen LogP contribution < -0.4 is 10.2 Å². The second-order valence-corrected chi connectivity index (χ2v) is 28.8. The molecule has 0 aromatic heterocycles. The van der Waals surface area contributed by atoms with Gasteiger partial charge in [0.1, 0.15) is 13.2 Å². The molecule has 0 aliphatic rings. The van der Waals surface area contributed by atoms with Gasteiger partial charge >= 0.3 is 0 Å². The molecule has 0 rings (SSSR count). The van der Waals surface area contributed by atoms with Crippen LogP contribution in [0.3, 0.4) is 0 Å². The molecule has 3 atom stereocenters. The molecule has 0 saturated carbocycles. The van der Waals surface area contributed by atoms with Crippen LogP contribution in [0.2, 0.25) is 0 Å². The minimum Gasteiger partial charge on any atom is -0.756 e. The Bertz CT molecular complexity index is 1420. The molecule has 8 nitrogen and oxygen atoms in total. The maximum absolute atomic E-state index is 13.1. The van der Waals surface area contributed by atoms with Gasteiger partial charge in [0, 0.05) is 6.42 Å². The number of allylic oxidation sites excluding steroid dienone is 4. The number of aliphatic hydroxyl groups is 1. The zero-order valence-electron chi connectivity index (χ0n) is 57.4. The molecule has 3 unspecified atom stereocenters. The monoisotopic (exact) mass is 1210 g/mol. The Hall–Kier alpha value is -1.02. The van der Waals surface area contributed by atoms with E-state index in [2.05, 4.69) is 43.5 Å². The zero-order chi connectivity index (χ0) is 61.2. The fourth-order valence-corrected chi connectivity index (χ4v) is 12.6. The third-order valence-corrected chi connectivity index (χ3v) is 18.7. The van der Waals surface area contributed by atoms with Gasteiger partial charge in [-0.25, -0.2) is 0 Å². The summed E-state index contributed by atoms with van der Waals surface area (Å²) in [5, 5.41) is 14.1. The van der Waals surface area contributed by atoms with E-state index in [1.807, 2.05) is 21.1 Å². The zero-order valence-corrected chi connectivity index (χ0v) is 58.3. The summed E-state index contributed by atoms with van der Waals surface area (Å²) in [6.07, 6.45) is 87.1. The van der Waals surface area contributed by atoms with Crippen LogP contribution in [0.4, 0.5) is 0 Å². The average Bonchev–Trinajstić information content (AvgIpc) is 3.56. The minimum absolute atomic E-state index is 0.0151. The van der Waals surface area contributed by atoms with Crippen LogP contribution in [0.1, 0.15) is 399 Å². The number of unbranched alkanes of at least 4 members (excludes halogenated alkanes) is 54. The summed E-state index contributed by atoms with van der Waals surface area (Å²) in [6.45, 7) is 4.78. The number of carbonyl (C=O) groups excluding carboxylic acids is 1. The molecule has 500 valence electrons. The predicted molar refractivity (Wildman–Crippen MR) is 367 cm³/mol. The summed E-state index contributed by atoms with van der Waals surface area (Å²) >= 11 is 0. The molecule has 0 aromatic rings. The largest absolute Gasteiger partial charge is 0.756 e. The van der Waals surface area contributed by atoms with Crippen molar-refractivity contribution in [3.8, 4) is 0 Å². The standard InChI is InChI=1S/C75H149N2O6P/c1-6-8-10-12-14-16-18-20-22-24-26-28-30-32-34-36-38-40-42-44-46-48-50-52-54-56-58-60-62-64-66-68-74(78)73(72-83-84(80,81)82-71-70-77(3,4)5)76-75(79)69-67-65-63-61-59-57-55-53-51-49-47-45-43-41-39-37-35-33-31-29-27-25-23-21-19-17-15-13-11-9-7-2/h19,21,25,27,73-74,78H,6-18,20,22-24,26,28-72H2,1-5H3,(H-,76,79,80,81)/b21-19-,27-25-. The van der Waals surface area contributed by atoms with Gasteiger partial charge in [-0.2, -0.15) is 0 Å². The first-order valence-corrected chi connectivity index (χ1v) is 39.1. The minimum atomic E-state index is -4.58. The van der Waals surface area contributed by atoms with Gasteiger partial charge in [-0.3, -0.25) is 9.36 Å². The molecular weight excluding hydrogens is 1060 g/mol. The van der Waals surface area contributed by atoms with Crippen LogP contribution >= 0.6 is 7.82 Å². The number of aliphatic hydroxyl groups excluding tert-OH is 1. The van der Waals surface area contributed by atoms with E-state index in [9.17, 15) is 19.4 Å². The number of nitrogens with one attached hydrogen (secondary N) is 1. The normalized spacial score (nSPS) is 13.7. The highest BCUT2D eigenvalue weighted by atomic mass is 31.2. The second-order valence-electron chi connectivity index (χ2n) is 27.4. The first-order valence-electron chi connectivity index (χ1n) is 37.7. The topological polar surface area (TPSA) is 108 Å². The third kappa shape index (κ3) is 68.5. The number of likely N-dealkylation sites (N-methyl/N-ethyl adjacent to an activating group) is 1. The summed E-state index contributed by atoms with van der Waals surface area (Å²) in [5.41, 5.74) is 0. The maximum atomic E-state index is 13.1. The van der Waals surface area contributed by atoms with Gasteiger partial charge in [0.05, 0.1) is 39.9 Å². The summed E-state index contributed by atoms with van der Waals surface area (Å²) < 4.78 is 23.6. The van der Waals surface area contributed by atoms with Crippen LogP contribution in [-0.2, 0) is 18.4 Å². The highest BCUT2D eigenvalue weighted by Gasteiger charge is 2.24. The Kier molecular flexibility index (Phi) is 65.6. The van der Waals surface area contributed by atoms with Gasteiger partial charge in [0.15, 0.2) is 0 Å². The van der Waals surface area contributed by atoms with E-state index in [1.165, 1.54) is 327 Å². The van der Waals surface area contributed by atoms with Crippen molar-refractivity contribution in [3.63, 3.8) is 0 Å². The number of nitrogens with zero attached hydrogens (tertiary/aromatic N) is 1. The Balaban J connectivity index is 3.96. The summed E-state index contributed by atoms with van der Waals surface area (Å²) in [5.74, 6) is -0.155. The first-order chi connectivity index (χ1) is 41.0. The number of hydrogen-bond acceptors (Lipinski definition) is 6. The summed E-state index contributed by atoms with van der Waals surface area (Å²) in [7, 11) is 1.33. The molecule has 9 heteroatoms. The molecule has 0 bridgehead atoms. The van der Waals surface area contributed by atoms with Gasteiger partial charge in [0.2, 0.25) is 5.91 Å². The molecule has 0 aliphatic heterocycles. The fourth-order valence-electron chi connectivity index (χ4n) is 11.8. The van der Waals surface area contributed by atoms with Crippen LogP contribution in [-0.4, -0.2) is 68.5 Å². The maximum Gasteiger partial charge on any atom is 0.268 e. The van der Waals surface area contributed by atoms with Crippen molar-refractivity contribution < 1.29 is 32.9 Å². The summed E-state index contributed by atoms with van der Waals surface area (Å²) in [6, 6.07) is -0.800. The van der Waals surface area contributed by atoms with E-state index in [0.29, 0.717) is 23.9 Å². The molecule has 2 N–H and O–H groups in total. The Morgan fingerprint density at radius 2 is 0.690 bits per heavy atom. The Morgan fingerprint density at radius 3 is 0.988 bits per heavy atom. The molecule has 0 spiro atoms. The number of carbonyl (C=O) groups is 1. The van der Waals surface area contributed by atoms with Crippen LogP contribution in [0.5, 0.6) is 0 Å². The molecule has 0 radical (unpaired) electrons. The quantitative estimate of drug-likeness (QED) is 0.0272. The van der Waals surface area contributed by atoms with Crippen molar-refractivity contribution in [2.45, 2.75) is 411 Å². The Labute approximate surface area is 525 Å². The number of hydrogen-bond donors (Lipinski definition) is 2. The number of phosphoric ester groups is 1. The van der Waals surface area contributed by atoms with E-state index >= 15 is 0 Å². The third-order valence-electron chi connectivity index (χ3n) is 17.7. The number of amides is 1. The highest BCUT2D eigenvalue weighted by Crippen LogP contribution is 2.38. The van der Waals surface area contributed by atoms with Crippen molar-refractivity contribution in [2.75, 3.05) is 40.9 Å². The van der Waals surface area contributed by atoms with Gasteiger partial charge in [-0.15, -0.1) is 0 Å². The SMILES string of the molecule is CCCCCCC/C=C\C/C=C\CCCCCCCCCCCCCCCCCCCCCC(=O)NC(COP(=O)([O-])OCC[N+](C)(C)C)C(O)CCCCCCCCCCCCCCCCCCCCCCCCCCCCCCCCC. The molecule has 0 aromatic carbocycles. The van der Waals surface area contributed by atoms with Crippen molar-refractivity contribution >= 4 is 13.7 Å². The van der Waals surface area contributed by atoms with Gasteiger partial charge < -0.3 is 28.8 Å². The predicted octanol–water partition coefficient (Wildman–Crippen LogP) is 23.6. The second kappa shape index (κ2) is 66.4. The van der Waals surface area contributed by atoms with Gasteiger partial charge in [-0.05, 0) is 44.9 Å². The lowest BCUT2D eigenvalue weighted by molar-refractivity contribution is -0.870. The van der Waals surface area contributed by atoms with E-state index in [0.717, 1.165) is 44.9 Å². The summed E-state index contributed by atoms with van der Waals surface area (Å²) in [4.78, 5) is 25.7. The lowest BCUT2D eigenvalue weighted by Crippen LogP contribution is -2.46. The van der Waals surface area contributed by atoms with Crippen LogP contribution in [0.25, 0.3) is 0 Å². The lowest BCUT2D eigenvalue weighted by atomic mass is 10.0. The lowest BCUT2D eigenvalue weighted by Gasteiger charge is -2.30. The molecule has 0 aliphatic carbocycles. The Morgan fingerprint density at radius 1 is 0.417 bits per heavy atom. The van der Waals surface area contributed by atoms with E-state index in [4.69, 9.17) is 9.05 Å². The molecule has 0 fully saturated rings. The molecule has 1 amide bonds. The average molecular weight is 1210 g/mol. The van der Waals surface area contributed by atoms with Crippen LogP contribution in [0.15, 0.2) is 24.3 Å². The van der Waals surface area contributed by atoms with Crippen molar-refractivity contribution in [1.29, 1.82) is 0 Å². The molecule has 84 heavy (non-hydrogen) atoms. The smallest absolute Gasteiger partial charge is 0.268 e. The first kappa shape index (κ1) is 83.0. The number of quaternary nitrogens is 1. The molecule has 0 heterocycles. The molecule has 0 saturated heterocycles. The number of rotatable bonds is 71. The van der Waals surface area contributed by atoms with Gasteiger partial charge in [0.25, 0.3) is 7.82 Å². The van der Waals surface area contributed by atoms with Gasteiger partial charge in [-0.1, -0.05) is 372 Å². The molecular formula is C75H149N2O6P. The van der Waals surface area contributed by atoms with E-state index < -0.39 is 20.0 Å².